The van der Waals surface area contributed by atoms with Gasteiger partial charge in [0.05, 0.1) is 68.5 Å². The van der Waals surface area contributed by atoms with Gasteiger partial charge in [0, 0.05) is 75.0 Å². The van der Waals surface area contributed by atoms with Crippen LogP contribution in [0.1, 0.15) is 88.2 Å². The number of carbonyl (C=O) groups is 1. The van der Waals surface area contributed by atoms with E-state index in [0.717, 1.165) is 11.1 Å². The van der Waals surface area contributed by atoms with Crippen molar-refractivity contribution in [3.8, 4) is 33.8 Å². The van der Waals surface area contributed by atoms with E-state index in [0.29, 0.717) is 78.0 Å². The average molecular weight is 1260 g/mol. The summed E-state index contributed by atoms with van der Waals surface area (Å²) in [5, 5.41) is 0. The largest absolute Gasteiger partial charge is 0.398 e. The van der Waals surface area contributed by atoms with Gasteiger partial charge < -0.3 is 19.4 Å². The van der Waals surface area contributed by atoms with E-state index in [4.69, 9.17) is 5.73 Å². The molecular formula is C56H71F9N10O7S3. The van der Waals surface area contributed by atoms with Crippen LogP contribution in [0.25, 0.3) is 33.8 Å². The lowest BCUT2D eigenvalue weighted by Crippen LogP contribution is -2.28. The van der Waals surface area contributed by atoms with Gasteiger partial charge in [0.25, 0.3) is 0 Å². The zero-order chi connectivity index (χ0) is 62.9. The second-order valence-corrected chi connectivity index (χ2v) is 27.2. The van der Waals surface area contributed by atoms with Crippen LogP contribution in [0, 0.1) is 29.6 Å². The summed E-state index contributed by atoms with van der Waals surface area (Å²) in [6.07, 6.45) is 2.01. The second kappa shape index (κ2) is 28.1. The maximum Gasteiger partial charge on any atom is 0.391 e. The lowest BCUT2D eigenvalue weighted by atomic mass is 9.78. The first-order valence-corrected chi connectivity index (χ1v) is 31.7. The third kappa shape index (κ3) is 18.7. The number of aromatic nitrogens is 6. The molecule has 9 rings (SSSR count). The maximum absolute atomic E-state index is 12.9. The van der Waals surface area contributed by atoms with Gasteiger partial charge in [-0.25, -0.2) is 54.4 Å². The van der Waals surface area contributed by atoms with Crippen molar-refractivity contribution in [1.29, 1.82) is 0 Å². The van der Waals surface area contributed by atoms with Crippen LogP contribution >= 0.6 is 0 Å². The number of hydrogen-bond acceptors (Lipinski definition) is 11. The number of nitrogens with zero attached hydrogens (tertiary/aromatic N) is 6. The maximum atomic E-state index is 12.9. The highest BCUT2D eigenvalue weighted by atomic mass is 32.2. The Morgan fingerprint density at radius 2 is 0.765 bits per heavy atom. The quantitative estimate of drug-likeness (QED) is 0.0627. The number of hydrogen-bond donors (Lipinski definition) is 4. The molecular weight excluding hydrogens is 1190 g/mol. The van der Waals surface area contributed by atoms with Crippen LogP contribution in [0.5, 0.6) is 0 Å². The Labute approximate surface area is 489 Å². The Kier molecular flexibility index (Phi) is 22.5. The van der Waals surface area contributed by atoms with Gasteiger partial charge in [-0.15, -0.1) is 0 Å². The Bertz CT molecular complexity index is 3410. The van der Waals surface area contributed by atoms with Crippen molar-refractivity contribution >= 4 is 41.5 Å². The smallest absolute Gasteiger partial charge is 0.391 e. The third-order valence-electron chi connectivity index (χ3n) is 15.5. The fraction of sp³-hybridized carbons (Fsp3) is 0.500. The number of ketones is 1. The number of sulfonamides is 3. The second-order valence-electron chi connectivity index (χ2n) is 21.6. The molecule has 468 valence electrons. The van der Waals surface area contributed by atoms with E-state index < -0.39 is 66.4 Å². The summed E-state index contributed by atoms with van der Waals surface area (Å²) < 4.78 is 198. The molecule has 3 aromatic heterocycles. The van der Waals surface area contributed by atoms with Crippen molar-refractivity contribution in [2.45, 2.75) is 123 Å². The summed E-state index contributed by atoms with van der Waals surface area (Å²) in [5.74, 6) is -3.39. The molecule has 0 radical (unpaired) electrons. The van der Waals surface area contributed by atoms with E-state index in [1.54, 1.807) is 81.6 Å². The summed E-state index contributed by atoms with van der Waals surface area (Å²) in [4.78, 5) is 23.8. The predicted molar refractivity (Wildman–Crippen MR) is 303 cm³/mol. The van der Waals surface area contributed by atoms with Crippen LogP contribution < -0.4 is 19.9 Å². The number of rotatable bonds is 13. The highest BCUT2D eigenvalue weighted by Gasteiger charge is 2.43. The van der Waals surface area contributed by atoms with Crippen molar-refractivity contribution in [2.75, 3.05) is 26.9 Å². The molecule has 3 aliphatic carbocycles. The Balaban J connectivity index is 0.000000191. The molecule has 3 saturated carbocycles. The topological polar surface area (TPSA) is 235 Å². The Morgan fingerprint density at radius 1 is 0.471 bits per heavy atom. The molecule has 3 aliphatic rings. The van der Waals surface area contributed by atoms with Crippen LogP contribution in [0.2, 0.25) is 0 Å². The summed E-state index contributed by atoms with van der Waals surface area (Å²) in [7, 11) is -1.14. The Morgan fingerprint density at radius 3 is 1.06 bits per heavy atom. The summed E-state index contributed by atoms with van der Waals surface area (Å²) in [6.45, 7) is 0. The Hall–Kier alpha value is -6.14. The number of benzene rings is 3. The molecule has 85 heavy (non-hydrogen) atoms. The first-order chi connectivity index (χ1) is 39.6. The van der Waals surface area contributed by atoms with E-state index in [9.17, 15) is 69.6 Å². The molecule has 29 heteroatoms. The van der Waals surface area contributed by atoms with Gasteiger partial charge in [-0.2, -0.15) is 39.5 Å². The molecule has 0 unspecified atom stereocenters. The minimum atomic E-state index is -4.12. The highest BCUT2D eigenvalue weighted by Crippen LogP contribution is 2.43. The number of Topliss-reactive ketones (excluding diaryl/α,β-unsaturated/α-hetero) is 1. The van der Waals surface area contributed by atoms with Crippen LogP contribution in [0.15, 0.2) is 107 Å². The van der Waals surface area contributed by atoms with Crippen LogP contribution in [-0.2, 0) is 68.8 Å². The first kappa shape index (κ1) is 68.0. The lowest BCUT2D eigenvalue weighted by Gasteiger charge is -2.30. The summed E-state index contributed by atoms with van der Waals surface area (Å²) in [5.41, 5.74) is 12.1. The number of imidazole rings is 3. The van der Waals surface area contributed by atoms with Crippen molar-refractivity contribution in [3.05, 3.63) is 103 Å². The third-order valence-corrected chi connectivity index (χ3v) is 19.7. The molecule has 17 nitrogen and oxygen atoms in total. The van der Waals surface area contributed by atoms with Crippen molar-refractivity contribution in [2.24, 2.45) is 50.7 Å². The number of nitrogens with one attached hydrogen (secondary N) is 3. The van der Waals surface area contributed by atoms with Gasteiger partial charge in [0.2, 0.25) is 30.1 Å². The fourth-order valence-corrected chi connectivity index (χ4v) is 12.8. The van der Waals surface area contributed by atoms with Crippen molar-refractivity contribution in [1.82, 2.24) is 42.8 Å². The molecule has 3 heterocycles. The summed E-state index contributed by atoms with van der Waals surface area (Å²) >= 11 is 0. The van der Waals surface area contributed by atoms with E-state index in [1.165, 1.54) is 45.4 Å². The molecule has 0 saturated heterocycles. The first-order valence-electron chi connectivity index (χ1n) is 27.3. The van der Waals surface area contributed by atoms with Gasteiger partial charge in [0.15, 0.2) is 0 Å². The van der Waals surface area contributed by atoms with Crippen LogP contribution in [-0.4, -0.2) is 99.4 Å². The molecule has 3 aromatic carbocycles. The zero-order valence-corrected chi connectivity index (χ0v) is 50.1. The van der Waals surface area contributed by atoms with Gasteiger partial charge in [0.1, 0.15) is 5.78 Å². The molecule has 0 aliphatic heterocycles. The fourth-order valence-electron chi connectivity index (χ4n) is 10.5. The van der Waals surface area contributed by atoms with Gasteiger partial charge in [-0.3, -0.25) is 4.79 Å². The molecule has 0 atom stereocenters. The van der Waals surface area contributed by atoms with E-state index in [2.05, 4.69) is 29.1 Å². The highest BCUT2D eigenvalue weighted by molar-refractivity contribution is 7.90. The van der Waals surface area contributed by atoms with Crippen LogP contribution in [0.3, 0.4) is 0 Å². The van der Waals surface area contributed by atoms with Gasteiger partial charge in [-0.1, -0.05) is 12.1 Å². The molecule has 0 spiro atoms. The standard InChI is InChI=1S/2C19H24F3N3O2S.C11H14N4O2S.C7H9F3O/c2*1-23-28(26,27)16-8-5-14(17(10-16)18-11-25(2)12-24-18)9-13-3-6-15(7-4-13)19(20,21)22;1-13-18(16,17)8-3-4-10(12)9(5-8)11-6-15(2)7-14-11;8-7(9,10)5-1-3-6(11)4-2-5/h2*5,8,10-13,15,23H,3-4,6-7,9H2,1-2H3;3-7,13H,12H2,1-2H3;5H,1-4H2. The number of carbonyl (C=O) groups excluding carboxylic acids is 1. The molecule has 0 amide bonds. The zero-order valence-electron chi connectivity index (χ0n) is 47.7. The van der Waals surface area contributed by atoms with Gasteiger partial charge in [-0.05, 0) is 164 Å². The molecule has 6 aromatic rings. The number of halogens is 9. The summed E-state index contributed by atoms with van der Waals surface area (Å²) in [6, 6.07) is 14.3. The van der Waals surface area contributed by atoms with Crippen LogP contribution in [0.4, 0.5) is 45.2 Å². The monoisotopic (exact) mass is 1260 g/mol. The van der Waals surface area contributed by atoms with Crippen molar-refractivity contribution in [3.63, 3.8) is 0 Å². The average Bonchev–Trinajstić information content (AvgIpc) is 3.92. The predicted octanol–water partition coefficient (Wildman–Crippen LogP) is 10.7. The van der Waals surface area contributed by atoms with E-state index in [1.807, 2.05) is 21.1 Å². The minimum Gasteiger partial charge on any atom is -0.398 e. The number of nitrogens with two attached hydrogens (primary N) is 1. The number of alkyl halides is 9. The van der Waals surface area contributed by atoms with E-state index >= 15 is 0 Å². The van der Waals surface area contributed by atoms with Crippen molar-refractivity contribution < 1.29 is 69.6 Å². The number of aryl methyl sites for hydroxylation is 3. The normalized spacial score (nSPS) is 19.2. The number of nitrogen functional groups attached to an aromatic ring is 1. The molecule has 5 N–H and O–H groups in total. The molecule has 3 fully saturated rings. The van der Waals surface area contributed by atoms with E-state index in [-0.39, 0.29) is 83.7 Å². The molecule has 0 bridgehead atoms. The SMILES string of the molecule is CNS(=O)(=O)c1ccc(CC2CCC(C(F)(F)F)CC2)c(-c2cn(C)cn2)c1.CNS(=O)(=O)c1ccc(CC2CCC(C(F)(F)F)CC2)c(-c2cn(C)cn2)c1.CNS(=O)(=O)c1ccc(N)c(-c2cn(C)cn2)c1.O=C1CCC(C(F)(F)F)CC1. The number of anilines is 1. The van der Waals surface area contributed by atoms with Gasteiger partial charge >= 0.3 is 18.5 Å². The lowest BCUT2D eigenvalue weighted by molar-refractivity contribution is -0.184. The minimum absolute atomic E-state index is 0.0116.